The second-order valence-electron chi connectivity index (χ2n) is 16.6. The fourth-order valence-electron chi connectivity index (χ4n) is 9.56. The molecule has 2 aliphatic carbocycles. The third kappa shape index (κ3) is 11.0. The van der Waals surface area contributed by atoms with Gasteiger partial charge in [0.15, 0.2) is 0 Å². The van der Waals surface area contributed by atoms with Gasteiger partial charge < -0.3 is 9.84 Å². The largest absolute Gasteiger partial charge is 0.463 e. The zero-order chi connectivity index (χ0) is 44.9. The predicted octanol–water partition coefficient (Wildman–Crippen LogP) is 8.68. The monoisotopic (exact) mass is 932 g/mol. The van der Waals surface area contributed by atoms with Crippen molar-refractivity contribution in [3.05, 3.63) is 140 Å². The van der Waals surface area contributed by atoms with E-state index in [1.165, 1.54) is 24.2 Å². The Morgan fingerprint density at radius 3 is 1.75 bits per heavy atom. The molecule has 1 N–H and O–H groups in total. The van der Waals surface area contributed by atoms with E-state index in [2.05, 4.69) is 18.2 Å². The second-order valence-corrected chi connectivity index (χ2v) is 21.4. The van der Waals surface area contributed by atoms with E-state index in [0.29, 0.717) is 55.2 Å². The molecule has 0 radical (unpaired) electrons. The number of halogens is 2. The van der Waals surface area contributed by atoms with Gasteiger partial charge in [0.2, 0.25) is 20.0 Å². The minimum Gasteiger partial charge on any atom is -0.463 e. The van der Waals surface area contributed by atoms with Crippen LogP contribution >= 0.6 is 23.2 Å². The molecule has 2 fully saturated rings. The summed E-state index contributed by atoms with van der Waals surface area (Å²) in [7, 11) is -6.37. The highest BCUT2D eigenvalue weighted by atomic mass is 35.5. The summed E-state index contributed by atoms with van der Waals surface area (Å²) in [5.74, 6) is 0.183. The SMILES string of the molecule is CCOC(=O)/C=C/C1=Cc2cc(Cl)ccc2C(C2CCN(S(C)(=O)=O)CC2)c2ncccc21.CS(=O)(=O)N1CCC(C2c3ccc(Cl)cc3C=C(CCCO)c3cccnc32)CC1. The van der Waals surface area contributed by atoms with Gasteiger partial charge in [-0.3, -0.25) is 9.97 Å². The topological polar surface area (TPSA) is 147 Å². The number of ether oxygens (including phenoxy) is 1. The number of aliphatic hydroxyl groups is 1. The molecular formula is C48H54Cl2N4O7S2. The Kier molecular flexibility index (Phi) is 15.1. The average Bonchev–Trinajstić information content (AvgIpc) is 3.48. The van der Waals surface area contributed by atoms with Crippen LogP contribution in [-0.2, 0) is 29.6 Å². The number of hydrogen-bond donors (Lipinski definition) is 1. The summed E-state index contributed by atoms with van der Waals surface area (Å²) < 4.78 is 56.2. The molecule has 11 nitrogen and oxygen atoms in total. The normalized spacial score (nSPS) is 19.8. The summed E-state index contributed by atoms with van der Waals surface area (Å²) in [5.41, 5.74) is 10.4. The molecule has 4 aromatic rings. The third-order valence-corrected chi connectivity index (χ3v) is 15.6. The molecular weight excluding hydrogens is 880 g/mol. The number of esters is 1. The number of benzene rings is 2. The van der Waals surface area contributed by atoms with Gasteiger partial charge in [-0.15, -0.1) is 0 Å². The summed E-state index contributed by atoms with van der Waals surface area (Å²) in [6, 6.07) is 19.8. The lowest BCUT2D eigenvalue weighted by Gasteiger charge is -2.35. The van der Waals surface area contributed by atoms with Crippen LogP contribution in [0.4, 0.5) is 0 Å². The third-order valence-electron chi connectivity index (χ3n) is 12.5. The Bertz CT molecular complexity index is 2640. The quantitative estimate of drug-likeness (QED) is 0.122. The fourth-order valence-corrected chi connectivity index (χ4v) is 11.7. The summed E-state index contributed by atoms with van der Waals surface area (Å²) in [6.45, 7) is 4.29. The molecule has 2 saturated heterocycles. The molecule has 334 valence electrons. The minimum absolute atomic E-state index is 0.0140. The van der Waals surface area contributed by atoms with E-state index >= 15 is 0 Å². The van der Waals surface area contributed by atoms with Crippen molar-refractivity contribution in [3.8, 4) is 0 Å². The van der Waals surface area contributed by atoms with Crippen LogP contribution in [0.3, 0.4) is 0 Å². The Hall–Kier alpha value is -4.21. The maximum atomic E-state index is 12.0. The Morgan fingerprint density at radius 2 is 1.25 bits per heavy atom. The van der Waals surface area contributed by atoms with Crippen LogP contribution in [0.25, 0.3) is 23.3 Å². The minimum atomic E-state index is -3.21. The van der Waals surface area contributed by atoms with Crippen molar-refractivity contribution in [2.45, 2.75) is 57.3 Å². The van der Waals surface area contributed by atoms with Crippen molar-refractivity contribution in [1.82, 2.24) is 18.6 Å². The van der Waals surface area contributed by atoms with Crippen molar-refractivity contribution in [3.63, 3.8) is 0 Å². The number of sulfonamides is 2. The first-order valence-electron chi connectivity index (χ1n) is 21.4. The molecule has 2 unspecified atom stereocenters. The van der Waals surface area contributed by atoms with E-state index in [9.17, 15) is 26.7 Å². The molecule has 0 amide bonds. The molecule has 2 atom stereocenters. The van der Waals surface area contributed by atoms with Gasteiger partial charge in [-0.1, -0.05) is 53.5 Å². The zero-order valence-electron chi connectivity index (χ0n) is 35.8. The second kappa shape index (κ2) is 20.3. The van der Waals surface area contributed by atoms with E-state index in [0.717, 1.165) is 82.5 Å². The van der Waals surface area contributed by atoms with Crippen LogP contribution in [0.1, 0.15) is 102 Å². The van der Waals surface area contributed by atoms with Gasteiger partial charge in [0.05, 0.1) is 30.5 Å². The number of carbonyl (C=O) groups excluding carboxylic acids is 1. The molecule has 2 aliphatic heterocycles. The van der Waals surface area contributed by atoms with Crippen LogP contribution < -0.4 is 0 Å². The van der Waals surface area contributed by atoms with E-state index in [4.69, 9.17) is 37.9 Å². The number of allylic oxidation sites excluding steroid dienone is 3. The van der Waals surface area contributed by atoms with Crippen LogP contribution in [0.2, 0.25) is 10.0 Å². The smallest absolute Gasteiger partial charge is 0.330 e. The lowest BCUT2D eigenvalue weighted by molar-refractivity contribution is -0.137. The summed E-state index contributed by atoms with van der Waals surface area (Å²) in [5, 5.41) is 10.7. The van der Waals surface area contributed by atoms with Crippen molar-refractivity contribution >= 4 is 72.5 Å². The molecule has 0 saturated carbocycles. The fraction of sp³-hybridized carbons (Fsp3) is 0.396. The van der Waals surface area contributed by atoms with Gasteiger partial charge in [-0.05, 0) is 145 Å². The van der Waals surface area contributed by atoms with E-state index in [1.807, 2.05) is 60.8 Å². The van der Waals surface area contributed by atoms with E-state index < -0.39 is 26.0 Å². The first-order chi connectivity index (χ1) is 30.2. The first kappa shape index (κ1) is 46.8. The zero-order valence-corrected chi connectivity index (χ0v) is 38.9. The Balaban J connectivity index is 0.000000190. The van der Waals surface area contributed by atoms with Crippen molar-refractivity contribution in [2.75, 3.05) is 51.9 Å². The molecule has 15 heteroatoms. The van der Waals surface area contributed by atoms with Crippen LogP contribution in [0.15, 0.2) is 85.2 Å². The predicted molar refractivity (Wildman–Crippen MR) is 251 cm³/mol. The number of fused-ring (bicyclic) bond motifs is 4. The molecule has 63 heavy (non-hydrogen) atoms. The van der Waals surface area contributed by atoms with Crippen LogP contribution in [0.5, 0.6) is 0 Å². The number of carbonyl (C=O) groups is 1. The number of aliphatic hydroxyl groups excluding tert-OH is 1. The standard InChI is InChI=1S/C25H27ClN2O4S.C23H27ClN2O3S/c1-3-32-23(29)9-6-18-15-19-16-20(26)7-8-21(19)24(25-22(18)5-4-12-27-25)17-10-13-28(14-11-17)33(2,30)31;1-30(28,29)26-11-8-16(9-12-26)22-20-7-6-19(24)15-18(20)14-17(4-3-13-27)21-5-2-10-25-23(21)22/h4-9,12,15-17,24H,3,10-11,13-14H2,1-2H3;2,5-7,10,14-16,22,27H,3-4,8-9,11-13H2,1H3/b9-6+;. The molecule has 4 heterocycles. The Morgan fingerprint density at radius 1 is 0.762 bits per heavy atom. The van der Waals surface area contributed by atoms with Gasteiger partial charge in [-0.25, -0.2) is 30.2 Å². The van der Waals surface area contributed by atoms with Crippen LogP contribution in [0, 0.1) is 11.8 Å². The highest BCUT2D eigenvalue weighted by Crippen LogP contribution is 2.47. The number of nitrogens with zero attached hydrogens (tertiary/aromatic N) is 4. The van der Waals surface area contributed by atoms with Crippen molar-refractivity contribution < 1.29 is 31.5 Å². The van der Waals surface area contributed by atoms with Gasteiger partial charge in [0, 0.05) is 78.7 Å². The van der Waals surface area contributed by atoms with E-state index in [1.54, 1.807) is 27.8 Å². The molecule has 0 spiro atoms. The summed E-state index contributed by atoms with van der Waals surface area (Å²) in [6.07, 6.45) is 18.1. The van der Waals surface area contributed by atoms with Gasteiger partial charge in [0.25, 0.3) is 0 Å². The lowest BCUT2D eigenvalue weighted by atomic mass is 9.76. The van der Waals surface area contributed by atoms with Crippen molar-refractivity contribution in [1.29, 1.82) is 0 Å². The highest BCUT2D eigenvalue weighted by Gasteiger charge is 2.37. The molecule has 2 aromatic carbocycles. The van der Waals surface area contributed by atoms with Crippen molar-refractivity contribution in [2.24, 2.45) is 11.8 Å². The molecule has 4 aliphatic rings. The first-order valence-corrected chi connectivity index (χ1v) is 25.9. The number of aromatic nitrogens is 2. The maximum Gasteiger partial charge on any atom is 0.330 e. The van der Waals surface area contributed by atoms with Gasteiger partial charge >= 0.3 is 5.97 Å². The summed E-state index contributed by atoms with van der Waals surface area (Å²) in [4.78, 5) is 21.6. The number of rotatable bonds is 10. The number of pyridine rings is 2. The summed E-state index contributed by atoms with van der Waals surface area (Å²) >= 11 is 12.7. The Labute approximate surface area is 381 Å². The highest BCUT2D eigenvalue weighted by molar-refractivity contribution is 7.88. The van der Waals surface area contributed by atoms with Gasteiger partial charge in [-0.2, -0.15) is 0 Å². The van der Waals surface area contributed by atoms with E-state index in [-0.39, 0.29) is 24.4 Å². The van der Waals surface area contributed by atoms with Crippen LogP contribution in [-0.4, -0.2) is 98.4 Å². The molecule has 0 bridgehead atoms. The number of hydrogen-bond acceptors (Lipinski definition) is 9. The number of piperidine rings is 2. The lowest BCUT2D eigenvalue weighted by Crippen LogP contribution is -2.39. The molecule has 2 aromatic heterocycles. The maximum absolute atomic E-state index is 12.0. The average molecular weight is 934 g/mol. The van der Waals surface area contributed by atoms with Gasteiger partial charge in [0.1, 0.15) is 0 Å². The molecule has 8 rings (SSSR count).